The molecular formula is C9H12N2. The number of hydrogen-bond acceptors (Lipinski definition) is 2. The van der Waals surface area contributed by atoms with Crippen LogP contribution in [0, 0.1) is 13.8 Å². The van der Waals surface area contributed by atoms with E-state index in [2.05, 4.69) is 36.8 Å². The van der Waals surface area contributed by atoms with Crippen LogP contribution in [0.5, 0.6) is 0 Å². The summed E-state index contributed by atoms with van der Waals surface area (Å²) in [6.07, 6.45) is 0. The molecule has 1 heterocycles. The fourth-order valence-corrected chi connectivity index (χ4v) is 1.60. The number of hydrazine groups is 1. The first-order valence-electron chi connectivity index (χ1n) is 3.86. The molecule has 0 fully saturated rings. The zero-order valence-electron chi connectivity index (χ0n) is 6.86. The maximum absolute atomic E-state index is 3.15. The van der Waals surface area contributed by atoms with E-state index in [1.165, 1.54) is 22.4 Å². The summed E-state index contributed by atoms with van der Waals surface area (Å²) in [5.41, 5.74) is 11.6. The molecule has 0 atom stereocenters. The highest BCUT2D eigenvalue weighted by molar-refractivity contribution is 5.60. The van der Waals surface area contributed by atoms with Gasteiger partial charge in [0.25, 0.3) is 0 Å². The molecule has 1 aliphatic rings. The van der Waals surface area contributed by atoms with E-state index in [1.807, 2.05) is 0 Å². The highest BCUT2D eigenvalue weighted by Crippen LogP contribution is 2.24. The summed E-state index contributed by atoms with van der Waals surface area (Å²) < 4.78 is 0. The first kappa shape index (κ1) is 6.68. The summed E-state index contributed by atoms with van der Waals surface area (Å²) in [5.74, 6) is 0. The molecule has 2 heteroatoms. The molecular weight excluding hydrogens is 136 g/mol. The first-order valence-corrected chi connectivity index (χ1v) is 3.86. The second-order valence-electron chi connectivity index (χ2n) is 3.09. The van der Waals surface area contributed by atoms with E-state index in [0.717, 1.165) is 6.54 Å². The molecule has 0 aliphatic carbocycles. The third-order valence-electron chi connectivity index (χ3n) is 2.05. The van der Waals surface area contributed by atoms with E-state index in [9.17, 15) is 0 Å². The highest BCUT2D eigenvalue weighted by atomic mass is 15.4. The summed E-state index contributed by atoms with van der Waals surface area (Å²) in [7, 11) is 0. The summed E-state index contributed by atoms with van der Waals surface area (Å²) in [6.45, 7) is 5.20. The first-order chi connectivity index (χ1) is 5.27. The van der Waals surface area contributed by atoms with Crippen molar-refractivity contribution in [3.63, 3.8) is 0 Å². The predicted octanol–water partition coefficient (Wildman–Crippen LogP) is 1.73. The molecule has 0 unspecified atom stereocenters. The average Bonchev–Trinajstić information content (AvgIpc) is 2.34. The fourth-order valence-electron chi connectivity index (χ4n) is 1.60. The molecule has 2 N–H and O–H groups in total. The summed E-state index contributed by atoms with van der Waals surface area (Å²) in [4.78, 5) is 0. The van der Waals surface area contributed by atoms with Gasteiger partial charge in [0.15, 0.2) is 0 Å². The van der Waals surface area contributed by atoms with Crippen molar-refractivity contribution in [2.45, 2.75) is 20.4 Å². The van der Waals surface area contributed by atoms with Gasteiger partial charge in [0, 0.05) is 6.54 Å². The summed E-state index contributed by atoms with van der Waals surface area (Å²) in [6, 6.07) is 4.41. The Hall–Kier alpha value is -1.02. The van der Waals surface area contributed by atoms with Crippen molar-refractivity contribution in [2.75, 3.05) is 5.43 Å². The SMILES string of the molecule is Cc1cc(C)c2c(c1)CNN2. The molecule has 2 nitrogen and oxygen atoms in total. The van der Waals surface area contributed by atoms with Gasteiger partial charge in [0.2, 0.25) is 0 Å². The largest absolute Gasteiger partial charge is 0.321 e. The Morgan fingerprint density at radius 3 is 2.91 bits per heavy atom. The minimum atomic E-state index is 0.942. The molecule has 0 aromatic heterocycles. The second kappa shape index (κ2) is 2.24. The molecule has 1 aromatic rings. The number of anilines is 1. The Morgan fingerprint density at radius 2 is 2.09 bits per heavy atom. The quantitative estimate of drug-likeness (QED) is 0.585. The van der Waals surface area contributed by atoms with E-state index >= 15 is 0 Å². The van der Waals surface area contributed by atoms with Crippen molar-refractivity contribution in [1.82, 2.24) is 5.43 Å². The van der Waals surface area contributed by atoms with E-state index in [-0.39, 0.29) is 0 Å². The van der Waals surface area contributed by atoms with Crippen LogP contribution in [0.15, 0.2) is 12.1 Å². The van der Waals surface area contributed by atoms with Crippen molar-refractivity contribution in [1.29, 1.82) is 0 Å². The Kier molecular flexibility index (Phi) is 1.36. The molecule has 0 bridgehead atoms. The predicted molar refractivity (Wildman–Crippen MR) is 46.4 cm³/mol. The van der Waals surface area contributed by atoms with Gasteiger partial charge in [-0.05, 0) is 25.0 Å². The monoisotopic (exact) mass is 148 g/mol. The van der Waals surface area contributed by atoms with E-state index < -0.39 is 0 Å². The Labute approximate surface area is 66.6 Å². The van der Waals surface area contributed by atoms with Crippen LogP contribution in [0.4, 0.5) is 5.69 Å². The molecule has 2 rings (SSSR count). The van der Waals surface area contributed by atoms with Crippen LogP contribution < -0.4 is 10.9 Å². The highest BCUT2D eigenvalue weighted by Gasteiger charge is 2.11. The van der Waals surface area contributed by atoms with Crippen molar-refractivity contribution in [3.05, 3.63) is 28.8 Å². The lowest BCUT2D eigenvalue weighted by molar-refractivity contribution is 0.859. The molecule has 0 saturated carbocycles. The minimum Gasteiger partial charge on any atom is -0.321 e. The zero-order chi connectivity index (χ0) is 7.84. The van der Waals surface area contributed by atoms with Gasteiger partial charge in [-0.15, -0.1) is 0 Å². The Bertz CT molecular complexity index is 292. The standard InChI is InChI=1S/C9H12N2/c1-6-3-7(2)9-8(4-6)5-10-11-9/h3-4,10-11H,5H2,1-2H3. The van der Waals surface area contributed by atoms with E-state index in [0.29, 0.717) is 0 Å². The van der Waals surface area contributed by atoms with Crippen LogP contribution in [-0.2, 0) is 6.54 Å². The third kappa shape index (κ3) is 0.994. The van der Waals surface area contributed by atoms with Gasteiger partial charge in [0.1, 0.15) is 0 Å². The van der Waals surface area contributed by atoms with Gasteiger partial charge < -0.3 is 5.43 Å². The Morgan fingerprint density at radius 1 is 1.27 bits per heavy atom. The maximum atomic E-state index is 3.15. The van der Waals surface area contributed by atoms with Crippen molar-refractivity contribution >= 4 is 5.69 Å². The maximum Gasteiger partial charge on any atom is 0.0562 e. The van der Waals surface area contributed by atoms with Crippen LogP contribution >= 0.6 is 0 Å². The lowest BCUT2D eigenvalue weighted by atomic mass is 10.1. The van der Waals surface area contributed by atoms with Crippen molar-refractivity contribution < 1.29 is 0 Å². The van der Waals surface area contributed by atoms with Crippen molar-refractivity contribution in [3.8, 4) is 0 Å². The normalized spacial score (nSPS) is 14.4. The number of hydrogen-bond donors (Lipinski definition) is 2. The lowest BCUT2D eigenvalue weighted by Crippen LogP contribution is -2.11. The lowest BCUT2D eigenvalue weighted by Gasteiger charge is -2.03. The average molecular weight is 148 g/mol. The molecule has 0 saturated heterocycles. The summed E-state index contributed by atoms with van der Waals surface area (Å²) >= 11 is 0. The van der Waals surface area contributed by atoms with Gasteiger partial charge in [0.05, 0.1) is 5.69 Å². The second-order valence-corrected chi connectivity index (χ2v) is 3.09. The topological polar surface area (TPSA) is 24.1 Å². The molecule has 0 radical (unpaired) electrons. The number of nitrogens with one attached hydrogen (secondary N) is 2. The van der Waals surface area contributed by atoms with Crippen LogP contribution in [-0.4, -0.2) is 0 Å². The summed E-state index contributed by atoms with van der Waals surface area (Å²) in [5, 5.41) is 0. The van der Waals surface area contributed by atoms with Crippen LogP contribution in [0.3, 0.4) is 0 Å². The molecule has 1 aliphatic heterocycles. The Balaban J connectivity index is 2.60. The van der Waals surface area contributed by atoms with Crippen LogP contribution in [0.2, 0.25) is 0 Å². The fraction of sp³-hybridized carbons (Fsp3) is 0.333. The van der Waals surface area contributed by atoms with Crippen LogP contribution in [0.1, 0.15) is 16.7 Å². The van der Waals surface area contributed by atoms with Gasteiger partial charge in [-0.3, -0.25) is 0 Å². The van der Waals surface area contributed by atoms with E-state index in [4.69, 9.17) is 0 Å². The number of rotatable bonds is 0. The number of benzene rings is 1. The molecule has 58 valence electrons. The smallest absolute Gasteiger partial charge is 0.0562 e. The van der Waals surface area contributed by atoms with Crippen molar-refractivity contribution in [2.24, 2.45) is 0 Å². The third-order valence-corrected chi connectivity index (χ3v) is 2.05. The molecule has 0 spiro atoms. The minimum absolute atomic E-state index is 0.942. The van der Waals surface area contributed by atoms with Gasteiger partial charge in [-0.1, -0.05) is 17.7 Å². The van der Waals surface area contributed by atoms with Gasteiger partial charge in [-0.2, -0.15) is 0 Å². The zero-order valence-corrected chi connectivity index (χ0v) is 6.86. The molecule has 0 amide bonds. The van der Waals surface area contributed by atoms with Crippen LogP contribution in [0.25, 0.3) is 0 Å². The number of aryl methyl sites for hydroxylation is 2. The number of fused-ring (bicyclic) bond motifs is 1. The molecule has 1 aromatic carbocycles. The van der Waals surface area contributed by atoms with E-state index in [1.54, 1.807) is 0 Å². The van der Waals surface area contributed by atoms with Gasteiger partial charge in [-0.25, -0.2) is 5.43 Å². The van der Waals surface area contributed by atoms with Gasteiger partial charge >= 0.3 is 0 Å². The molecule has 11 heavy (non-hydrogen) atoms.